The minimum absolute atomic E-state index is 0.0864. The van der Waals surface area contributed by atoms with Crippen LogP contribution in [0.3, 0.4) is 0 Å². The second-order valence-electron chi connectivity index (χ2n) is 8.73. The molecule has 1 aromatic heterocycles. The third-order valence-electron chi connectivity index (χ3n) is 5.38. The molecular formula is C19H29N3O3. The van der Waals surface area contributed by atoms with E-state index in [-0.39, 0.29) is 23.8 Å². The summed E-state index contributed by atoms with van der Waals surface area (Å²) in [6.45, 7) is 10.8. The molecular weight excluding hydrogens is 318 g/mol. The van der Waals surface area contributed by atoms with Crippen molar-refractivity contribution >= 4 is 11.9 Å². The fraction of sp³-hybridized carbons (Fsp3) is 0.737. The van der Waals surface area contributed by atoms with E-state index in [1.165, 1.54) is 0 Å². The van der Waals surface area contributed by atoms with Gasteiger partial charge in [-0.2, -0.15) is 0 Å². The number of aromatic nitrogens is 2. The molecule has 0 bridgehead atoms. The Morgan fingerprint density at radius 1 is 1.36 bits per heavy atom. The number of imidazole rings is 1. The van der Waals surface area contributed by atoms with Crippen LogP contribution in [-0.2, 0) is 9.53 Å². The highest BCUT2D eigenvalue weighted by atomic mass is 16.6. The van der Waals surface area contributed by atoms with Gasteiger partial charge in [0.05, 0.1) is 11.7 Å². The fourth-order valence-electron chi connectivity index (χ4n) is 4.05. The van der Waals surface area contributed by atoms with Gasteiger partial charge >= 0.3 is 5.97 Å². The van der Waals surface area contributed by atoms with E-state index < -0.39 is 11.0 Å². The first-order valence-electron chi connectivity index (χ1n) is 9.18. The number of hydrogen-bond acceptors (Lipinski definition) is 4. The summed E-state index contributed by atoms with van der Waals surface area (Å²) in [4.78, 5) is 31.8. The van der Waals surface area contributed by atoms with Gasteiger partial charge in [0.1, 0.15) is 11.3 Å². The topological polar surface area (TPSA) is 64.4 Å². The summed E-state index contributed by atoms with van der Waals surface area (Å²) in [5.74, 6) is -0.0410. The Morgan fingerprint density at radius 2 is 2.08 bits per heavy atom. The number of rotatable bonds is 3. The highest BCUT2D eigenvalue weighted by molar-refractivity contribution is 5.93. The van der Waals surface area contributed by atoms with E-state index in [9.17, 15) is 9.59 Å². The predicted octanol–water partition coefficient (Wildman–Crippen LogP) is 3.05. The van der Waals surface area contributed by atoms with Crippen molar-refractivity contribution < 1.29 is 14.3 Å². The maximum absolute atomic E-state index is 12.9. The fourth-order valence-corrected chi connectivity index (χ4v) is 4.05. The zero-order chi connectivity index (χ0) is 18.4. The molecule has 2 aliphatic rings. The number of esters is 1. The number of likely N-dealkylation sites (tertiary alicyclic amines) is 1. The molecule has 2 atom stereocenters. The quantitative estimate of drug-likeness (QED) is 0.788. The highest BCUT2D eigenvalue weighted by Crippen LogP contribution is 2.50. The third kappa shape index (κ3) is 3.31. The Balaban J connectivity index is 1.78. The van der Waals surface area contributed by atoms with E-state index in [1.807, 2.05) is 39.2 Å². The lowest BCUT2D eigenvalue weighted by molar-refractivity contribution is -0.168. The van der Waals surface area contributed by atoms with Gasteiger partial charge in [0.15, 0.2) is 0 Å². The van der Waals surface area contributed by atoms with Crippen LogP contribution in [0.4, 0.5) is 0 Å². The maximum atomic E-state index is 12.9. The van der Waals surface area contributed by atoms with Gasteiger partial charge in [0.25, 0.3) is 5.91 Å². The molecule has 1 aromatic rings. The monoisotopic (exact) mass is 347 g/mol. The first kappa shape index (κ1) is 18.0. The van der Waals surface area contributed by atoms with E-state index >= 15 is 0 Å². The molecule has 1 saturated heterocycles. The average Bonchev–Trinajstić information content (AvgIpc) is 3.18. The molecule has 0 unspecified atom stereocenters. The molecule has 1 aliphatic carbocycles. The van der Waals surface area contributed by atoms with Crippen LogP contribution < -0.4 is 0 Å². The largest absolute Gasteiger partial charge is 0.459 e. The summed E-state index contributed by atoms with van der Waals surface area (Å²) in [6, 6.07) is 0.264. The summed E-state index contributed by atoms with van der Waals surface area (Å²) in [5, 5.41) is 0. The molecule has 0 aromatic carbocycles. The number of hydrogen-bond donors (Lipinski definition) is 0. The highest BCUT2D eigenvalue weighted by Gasteiger charge is 2.57. The van der Waals surface area contributed by atoms with Gasteiger partial charge in [-0.15, -0.1) is 0 Å². The zero-order valence-electron chi connectivity index (χ0n) is 15.9. The molecule has 138 valence electrons. The van der Waals surface area contributed by atoms with E-state index in [0.717, 1.165) is 19.3 Å². The SMILES string of the molecule is CC(C)n1cnc(C(=O)N2C[C@@H]3CCC[C@@]3(C(=O)OC(C)(C)C)C2)c1. The van der Waals surface area contributed by atoms with Crippen LogP contribution >= 0.6 is 0 Å². The zero-order valence-corrected chi connectivity index (χ0v) is 15.9. The number of amides is 1. The Kier molecular flexibility index (Phi) is 4.41. The normalized spacial score (nSPS) is 26.2. The minimum atomic E-state index is -0.538. The summed E-state index contributed by atoms with van der Waals surface area (Å²) >= 11 is 0. The van der Waals surface area contributed by atoms with E-state index in [1.54, 1.807) is 17.4 Å². The Bertz CT molecular complexity index is 674. The number of carbonyl (C=O) groups excluding carboxylic acids is 2. The first-order chi connectivity index (χ1) is 11.6. The molecule has 1 aliphatic heterocycles. The molecule has 2 fully saturated rings. The van der Waals surface area contributed by atoms with Crippen LogP contribution in [0.1, 0.15) is 70.4 Å². The summed E-state index contributed by atoms with van der Waals surface area (Å²) in [6.07, 6.45) is 6.29. The molecule has 0 N–H and O–H groups in total. The standard InChI is InChI=1S/C19H29N3O3/c1-13(2)22-10-15(20-12-22)16(23)21-9-14-7-6-8-19(14,11-21)17(24)25-18(3,4)5/h10,12-14H,6-9,11H2,1-5H3/t14-,19+/m0/s1. The lowest BCUT2D eigenvalue weighted by Crippen LogP contribution is -2.41. The second kappa shape index (κ2) is 6.15. The lowest BCUT2D eigenvalue weighted by Gasteiger charge is -2.30. The number of nitrogens with zero attached hydrogens (tertiary/aromatic N) is 3. The van der Waals surface area contributed by atoms with Gasteiger partial charge in [-0.25, -0.2) is 4.98 Å². The van der Waals surface area contributed by atoms with E-state index in [0.29, 0.717) is 18.8 Å². The van der Waals surface area contributed by atoms with Gasteiger partial charge < -0.3 is 14.2 Å². The molecule has 25 heavy (non-hydrogen) atoms. The molecule has 1 saturated carbocycles. The van der Waals surface area contributed by atoms with Crippen LogP contribution in [0, 0.1) is 11.3 Å². The Morgan fingerprint density at radius 3 is 2.68 bits per heavy atom. The van der Waals surface area contributed by atoms with Crippen molar-refractivity contribution in [2.75, 3.05) is 13.1 Å². The van der Waals surface area contributed by atoms with Crippen molar-refractivity contribution in [3.63, 3.8) is 0 Å². The number of carbonyl (C=O) groups is 2. The van der Waals surface area contributed by atoms with Crippen LogP contribution in [0.15, 0.2) is 12.5 Å². The van der Waals surface area contributed by atoms with Crippen molar-refractivity contribution in [3.8, 4) is 0 Å². The molecule has 3 rings (SSSR count). The van der Waals surface area contributed by atoms with Crippen molar-refractivity contribution in [1.82, 2.24) is 14.5 Å². The minimum Gasteiger partial charge on any atom is -0.459 e. The Hall–Kier alpha value is -1.85. The number of fused-ring (bicyclic) bond motifs is 1. The first-order valence-corrected chi connectivity index (χ1v) is 9.18. The second-order valence-corrected chi connectivity index (χ2v) is 8.73. The van der Waals surface area contributed by atoms with Gasteiger partial charge in [-0.3, -0.25) is 9.59 Å². The summed E-state index contributed by atoms with van der Waals surface area (Å²) in [5.41, 5.74) is -0.594. The van der Waals surface area contributed by atoms with Crippen LogP contribution in [-0.4, -0.2) is 45.0 Å². The molecule has 6 heteroatoms. The van der Waals surface area contributed by atoms with Crippen molar-refractivity contribution in [1.29, 1.82) is 0 Å². The van der Waals surface area contributed by atoms with Gasteiger partial charge in [0, 0.05) is 25.3 Å². The maximum Gasteiger partial charge on any atom is 0.314 e. The predicted molar refractivity (Wildman–Crippen MR) is 94.1 cm³/mol. The molecule has 0 spiro atoms. The summed E-state index contributed by atoms with van der Waals surface area (Å²) < 4.78 is 7.62. The van der Waals surface area contributed by atoms with Crippen LogP contribution in [0.5, 0.6) is 0 Å². The van der Waals surface area contributed by atoms with Crippen molar-refractivity contribution in [2.24, 2.45) is 11.3 Å². The third-order valence-corrected chi connectivity index (χ3v) is 5.38. The summed E-state index contributed by atoms with van der Waals surface area (Å²) in [7, 11) is 0. The van der Waals surface area contributed by atoms with E-state index in [2.05, 4.69) is 4.98 Å². The molecule has 0 radical (unpaired) electrons. The molecule has 6 nitrogen and oxygen atoms in total. The smallest absolute Gasteiger partial charge is 0.314 e. The van der Waals surface area contributed by atoms with Gasteiger partial charge in [-0.1, -0.05) is 6.42 Å². The van der Waals surface area contributed by atoms with Crippen molar-refractivity contribution in [2.45, 2.75) is 65.5 Å². The average molecular weight is 347 g/mol. The number of ether oxygens (including phenoxy) is 1. The molecule has 2 heterocycles. The lowest BCUT2D eigenvalue weighted by atomic mass is 9.80. The molecule has 1 amide bonds. The van der Waals surface area contributed by atoms with Gasteiger partial charge in [-0.05, 0) is 53.4 Å². The van der Waals surface area contributed by atoms with E-state index in [4.69, 9.17) is 4.74 Å². The Labute approximate surface area is 149 Å². The van der Waals surface area contributed by atoms with Crippen molar-refractivity contribution in [3.05, 3.63) is 18.2 Å². The van der Waals surface area contributed by atoms with Crippen LogP contribution in [0.2, 0.25) is 0 Å². The van der Waals surface area contributed by atoms with Gasteiger partial charge in [0.2, 0.25) is 0 Å². The van der Waals surface area contributed by atoms with Crippen LogP contribution in [0.25, 0.3) is 0 Å².